The van der Waals surface area contributed by atoms with Gasteiger partial charge in [0.1, 0.15) is 11.6 Å². The molecule has 0 amide bonds. The van der Waals surface area contributed by atoms with Gasteiger partial charge in [-0.25, -0.2) is 0 Å². The molecule has 2 fully saturated rings. The number of hydrogen-bond donors (Lipinski definition) is 1. The van der Waals surface area contributed by atoms with Gasteiger partial charge in [-0.05, 0) is 32.6 Å². The Morgan fingerprint density at radius 2 is 1.79 bits per heavy atom. The average Bonchev–Trinajstić information content (AvgIpc) is 3.07. The lowest BCUT2D eigenvalue weighted by atomic mass is 9.84. The van der Waals surface area contributed by atoms with Gasteiger partial charge in [0.05, 0.1) is 0 Å². The molecule has 0 radical (unpaired) electrons. The zero-order chi connectivity index (χ0) is 13.3. The molecule has 4 nitrogen and oxygen atoms in total. The maximum Gasteiger partial charge on any atom is 0.140 e. The van der Waals surface area contributed by atoms with Crippen LogP contribution in [0.4, 0.5) is 0 Å². The van der Waals surface area contributed by atoms with Gasteiger partial charge in [0, 0.05) is 18.0 Å². The second-order valence-corrected chi connectivity index (χ2v) is 6.42. The van der Waals surface area contributed by atoms with Crippen molar-refractivity contribution in [2.45, 2.75) is 76.2 Å². The van der Waals surface area contributed by atoms with Crippen molar-refractivity contribution in [2.75, 3.05) is 6.54 Å². The summed E-state index contributed by atoms with van der Waals surface area (Å²) in [6.07, 6.45) is 11.6. The monoisotopic (exact) mass is 262 g/mol. The second-order valence-electron chi connectivity index (χ2n) is 6.42. The highest BCUT2D eigenvalue weighted by atomic mass is 15.3. The van der Waals surface area contributed by atoms with Crippen molar-refractivity contribution in [2.24, 2.45) is 5.73 Å². The van der Waals surface area contributed by atoms with Crippen molar-refractivity contribution in [3.05, 3.63) is 11.6 Å². The van der Waals surface area contributed by atoms with Crippen molar-refractivity contribution in [1.29, 1.82) is 0 Å². The van der Waals surface area contributed by atoms with E-state index in [1.807, 2.05) is 0 Å². The van der Waals surface area contributed by atoms with E-state index in [0.717, 1.165) is 12.4 Å². The first-order valence-corrected chi connectivity index (χ1v) is 7.89. The lowest BCUT2D eigenvalue weighted by molar-refractivity contribution is 0.311. The number of aromatic nitrogens is 3. The summed E-state index contributed by atoms with van der Waals surface area (Å²) in [5.74, 6) is 2.28. The quantitative estimate of drug-likeness (QED) is 0.911. The van der Waals surface area contributed by atoms with Crippen LogP contribution in [0.2, 0.25) is 0 Å². The molecule has 1 aromatic heterocycles. The summed E-state index contributed by atoms with van der Waals surface area (Å²) in [4.78, 5) is 0. The highest BCUT2D eigenvalue weighted by Crippen LogP contribution is 2.41. The van der Waals surface area contributed by atoms with E-state index in [0.29, 0.717) is 6.04 Å². The standard InChI is InChI=1S/C15H26N4/c1-12-17-18-14(15(11-16)9-5-6-10-15)19(12)13-7-3-2-4-8-13/h13H,2-11,16H2,1H3. The second kappa shape index (κ2) is 5.23. The molecule has 2 aliphatic rings. The molecule has 0 saturated heterocycles. The fourth-order valence-electron chi connectivity index (χ4n) is 4.08. The van der Waals surface area contributed by atoms with E-state index in [4.69, 9.17) is 5.73 Å². The smallest absolute Gasteiger partial charge is 0.140 e. The Bertz CT molecular complexity index is 425. The van der Waals surface area contributed by atoms with Crippen LogP contribution < -0.4 is 5.73 Å². The molecule has 2 aliphatic carbocycles. The van der Waals surface area contributed by atoms with Crippen LogP contribution in [0.25, 0.3) is 0 Å². The van der Waals surface area contributed by atoms with E-state index in [2.05, 4.69) is 21.7 Å². The molecule has 3 rings (SSSR count). The fourth-order valence-corrected chi connectivity index (χ4v) is 4.08. The first kappa shape index (κ1) is 13.1. The van der Waals surface area contributed by atoms with Gasteiger partial charge in [-0.3, -0.25) is 0 Å². The van der Waals surface area contributed by atoms with Gasteiger partial charge in [0.25, 0.3) is 0 Å². The van der Waals surface area contributed by atoms with E-state index in [-0.39, 0.29) is 5.41 Å². The summed E-state index contributed by atoms with van der Waals surface area (Å²) in [6.45, 7) is 2.82. The fraction of sp³-hybridized carbons (Fsp3) is 0.867. The van der Waals surface area contributed by atoms with Crippen molar-refractivity contribution in [3.8, 4) is 0 Å². The van der Waals surface area contributed by atoms with Crippen molar-refractivity contribution in [1.82, 2.24) is 14.8 Å². The largest absolute Gasteiger partial charge is 0.329 e. The molecule has 19 heavy (non-hydrogen) atoms. The Morgan fingerprint density at radius 1 is 1.11 bits per heavy atom. The molecule has 0 bridgehead atoms. The molecule has 0 aliphatic heterocycles. The van der Waals surface area contributed by atoms with Gasteiger partial charge in [-0.2, -0.15) is 0 Å². The summed E-state index contributed by atoms with van der Waals surface area (Å²) in [7, 11) is 0. The minimum atomic E-state index is 0.110. The summed E-state index contributed by atoms with van der Waals surface area (Å²) in [6, 6.07) is 0.614. The lowest BCUT2D eigenvalue weighted by Gasteiger charge is -2.32. The molecule has 1 aromatic rings. The Hall–Kier alpha value is -0.900. The van der Waals surface area contributed by atoms with Crippen LogP contribution in [0.5, 0.6) is 0 Å². The Labute approximate surface area is 115 Å². The van der Waals surface area contributed by atoms with E-state index in [1.165, 1.54) is 63.6 Å². The number of hydrogen-bond acceptors (Lipinski definition) is 3. The molecule has 106 valence electrons. The van der Waals surface area contributed by atoms with Crippen LogP contribution in [-0.2, 0) is 5.41 Å². The Kier molecular flexibility index (Phi) is 3.61. The summed E-state index contributed by atoms with van der Waals surface area (Å²) < 4.78 is 2.44. The van der Waals surface area contributed by atoms with Crippen LogP contribution in [0, 0.1) is 6.92 Å². The maximum atomic E-state index is 6.13. The normalized spacial score (nSPS) is 23.9. The van der Waals surface area contributed by atoms with E-state index in [1.54, 1.807) is 0 Å². The highest BCUT2D eigenvalue weighted by molar-refractivity contribution is 5.15. The van der Waals surface area contributed by atoms with Gasteiger partial charge in [-0.15, -0.1) is 10.2 Å². The van der Waals surface area contributed by atoms with Gasteiger partial charge < -0.3 is 10.3 Å². The highest BCUT2D eigenvalue weighted by Gasteiger charge is 2.40. The Balaban J connectivity index is 1.97. The molecule has 2 N–H and O–H groups in total. The average molecular weight is 262 g/mol. The van der Waals surface area contributed by atoms with Gasteiger partial charge in [0.15, 0.2) is 0 Å². The van der Waals surface area contributed by atoms with Gasteiger partial charge in [0.2, 0.25) is 0 Å². The van der Waals surface area contributed by atoms with Gasteiger partial charge >= 0.3 is 0 Å². The number of nitrogens with two attached hydrogens (primary N) is 1. The third-order valence-electron chi connectivity index (χ3n) is 5.23. The van der Waals surface area contributed by atoms with E-state index < -0.39 is 0 Å². The summed E-state index contributed by atoms with van der Waals surface area (Å²) >= 11 is 0. The number of aryl methyl sites for hydroxylation is 1. The minimum absolute atomic E-state index is 0.110. The molecule has 0 atom stereocenters. The summed E-state index contributed by atoms with van der Waals surface area (Å²) in [5.41, 5.74) is 6.24. The van der Waals surface area contributed by atoms with Crippen LogP contribution >= 0.6 is 0 Å². The topological polar surface area (TPSA) is 56.7 Å². The van der Waals surface area contributed by atoms with Crippen LogP contribution in [0.3, 0.4) is 0 Å². The zero-order valence-electron chi connectivity index (χ0n) is 12.1. The lowest BCUT2D eigenvalue weighted by Crippen LogP contribution is -2.36. The van der Waals surface area contributed by atoms with E-state index in [9.17, 15) is 0 Å². The third kappa shape index (κ3) is 2.20. The molecule has 1 heterocycles. The van der Waals surface area contributed by atoms with Crippen molar-refractivity contribution < 1.29 is 0 Å². The molecule has 0 unspecified atom stereocenters. The van der Waals surface area contributed by atoms with Crippen LogP contribution in [0.15, 0.2) is 0 Å². The van der Waals surface area contributed by atoms with E-state index >= 15 is 0 Å². The molecule has 0 aromatic carbocycles. The van der Waals surface area contributed by atoms with Gasteiger partial charge in [-0.1, -0.05) is 32.1 Å². The predicted octanol–water partition coefficient (Wildman–Crippen LogP) is 2.86. The molecule has 4 heteroatoms. The first-order valence-electron chi connectivity index (χ1n) is 7.89. The van der Waals surface area contributed by atoms with Crippen molar-refractivity contribution in [3.63, 3.8) is 0 Å². The number of rotatable bonds is 3. The van der Waals surface area contributed by atoms with Crippen LogP contribution in [-0.4, -0.2) is 21.3 Å². The molecular weight excluding hydrogens is 236 g/mol. The number of nitrogens with zero attached hydrogens (tertiary/aromatic N) is 3. The minimum Gasteiger partial charge on any atom is -0.329 e. The van der Waals surface area contributed by atoms with Crippen LogP contribution in [0.1, 0.15) is 75.5 Å². The first-order chi connectivity index (χ1) is 9.27. The SMILES string of the molecule is Cc1nnc(C2(CN)CCCC2)n1C1CCCCC1. The van der Waals surface area contributed by atoms with Crippen molar-refractivity contribution >= 4 is 0 Å². The third-order valence-corrected chi connectivity index (χ3v) is 5.23. The maximum absolute atomic E-state index is 6.13. The zero-order valence-corrected chi connectivity index (χ0v) is 12.1. The Morgan fingerprint density at radius 3 is 2.42 bits per heavy atom. The molecular formula is C15H26N4. The molecule has 2 saturated carbocycles. The predicted molar refractivity (Wildman–Crippen MR) is 76.1 cm³/mol. The molecule has 0 spiro atoms. The summed E-state index contributed by atoms with van der Waals surface area (Å²) in [5, 5.41) is 8.94.